The minimum Gasteiger partial charge on any atom is -0.394 e. The third-order valence-electron chi connectivity index (χ3n) is 7.06. The third kappa shape index (κ3) is 9.31. The summed E-state index contributed by atoms with van der Waals surface area (Å²) in [5.41, 5.74) is -2.68. The van der Waals surface area contributed by atoms with E-state index in [0.717, 1.165) is 12.8 Å². The summed E-state index contributed by atoms with van der Waals surface area (Å²) < 4.78 is 55.0. The number of hydrogen-bond donors (Lipinski definition) is 10. The Morgan fingerprint density at radius 1 is 0.907 bits per heavy atom. The van der Waals surface area contributed by atoms with Crippen LogP contribution >= 0.6 is 0 Å². The maximum Gasteiger partial charge on any atom is 0.335 e. The summed E-state index contributed by atoms with van der Waals surface area (Å²) in [5.74, 6) is -0.164. The first kappa shape index (κ1) is 35.6. The molecule has 0 aromatic heterocycles. The van der Waals surface area contributed by atoms with Gasteiger partial charge in [-0.15, -0.1) is 0 Å². The van der Waals surface area contributed by atoms with Gasteiger partial charge in [-0.25, -0.2) is 0 Å². The van der Waals surface area contributed by atoms with E-state index in [4.69, 9.17) is 18.9 Å². The monoisotopic (exact) mass is 640 g/mol. The van der Waals surface area contributed by atoms with Crippen LogP contribution in [-0.2, 0) is 29.3 Å². The van der Waals surface area contributed by atoms with Crippen molar-refractivity contribution < 1.29 is 72.5 Å². The number of hydrogen-bond acceptors (Lipinski definition) is 14. The zero-order chi connectivity index (χ0) is 31.8. The Kier molecular flexibility index (Phi) is 13.2. The zero-order valence-electron chi connectivity index (χ0n) is 23.1. The van der Waals surface area contributed by atoms with Gasteiger partial charge in [0.1, 0.15) is 42.7 Å². The molecule has 2 saturated heterocycles. The molecule has 3 rings (SSSR count). The van der Waals surface area contributed by atoms with Crippen LogP contribution < -0.4 is 10.0 Å². The summed E-state index contributed by atoms with van der Waals surface area (Å²) in [4.78, 5) is 12.0. The van der Waals surface area contributed by atoms with Crippen LogP contribution in [0.15, 0.2) is 30.3 Å². The molecule has 17 nitrogen and oxygen atoms in total. The number of benzene rings is 1. The number of aliphatic hydroxyl groups is 7. The number of nitrogens with one attached hydrogen (secondary N) is 2. The lowest BCUT2D eigenvalue weighted by Gasteiger charge is -2.50. The van der Waals surface area contributed by atoms with Gasteiger partial charge in [0.15, 0.2) is 6.29 Å². The molecule has 10 N–H and O–H groups in total. The molecule has 2 aliphatic rings. The van der Waals surface area contributed by atoms with Crippen molar-refractivity contribution in [1.82, 2.24) is 10.0 Å². The fourth-order valence-corrected chi connectivity index (χ4v) is 5.35. The van der Waals surface area contributed by atoms with E-state index in [2.05, 4.69) is 5.32 Å². The van der Waals surface area contributed by atoms with Crippen molar-refractivity contribution in [3.8, 4) is 0 Å². The lowest BCUT2D eigenvalue weighted by molar-refractivity contribution is -0.383. The Bertz CT molecular complexity index is 1110. The summed E-state index contributed by atoms with van der Waals surface area (Å²) in [5, 5.41) is 74.8. The van der Waals surface area contributed by atoms with Gasteiger partial charge in [-0.3, -0.25) is 9.35 Å². The number of unbranched alkanes of at least 4 members (excludes halogenated alkanes) is 3. The molecule has 1 aromatic carbocycles. The molecule has 2 fully saturated rings. The summed E-state index contributed by atoms with van der Waals surface area (Å²) >= 11 is 0. The molecule has 1 amide bonds. The van der Waals surface area contributed by atoms with E-state index in [0.29, 0.717) is 24.9 Å². The van der Waals surface area contributed by atoms with Crippen LogP contribution in [0.1, 0.15) is 36.0 Å². The van der Waals surface area contributed by atoms with Crippen molar-refractivity contribution in [1.29, 1.82) is 0 Å². The first-order chi connectivity index (χ1) is 20.3. The summed E-state index contributed by atoms with van der Waals surface area (Å²) in [6.45, 7) is -1.16. The minimum atomic E-state index is -5.25. The van der Waals surface area contributed by atoms with Crippen molar-refractivity contribution in [2.75, 3.05) is 26.4 Å². The third-order valence-corrected chi connectivity index (χ3v) is 7.65. The van der Waals surface area contributed by atoms with Crippen LogP contribution in [0, 0.1) is 0 Å². The number of amides is 1. The zero-order valence-corrected chi connectivity index (χ0v) is 23.9. The van der Waals surface area contributed by atoms with E-state index in [1.807, 2.05) is 6.07 Å². The van der Waals surface area contributed by atoms with Gasteiger partial charge in [-0.1, -0.05) is 31.0 Å². The highest BCUT2D eigenvalue weighted by atomic mass is 32.2. The second-order valence-corrected chi connectivity index (χ2v) is 11.4. The average Bonchev–Trinajstić information content (AvgIpc) is 2.97. The van der Waals surface area contributed by atoms with Crippen molar-refractivity contribution in [2.24, 2.45) is 0 Å². The molecule has 0 radical (unpaired) electrons. The Morgan fingerprint density at radius 2 is 1.56 bits per heavy atom. The van der Waals surface area contributed by atoms with Crippen molar-refractivity contribution in [3.63, 3.8) is 0 Å². The van der Waals surface area contributed by atoms with E-state index in [-0.39, 0.29) is 12.5 Å². The number of carbonyl (C=O) groups is 1. The molecular formula is C25H40N2O15S. The SMILES string of the molecule is O=C(NCCCCCCO[C@@H]1O[C@H](CO)[C@@H](O[C@H]2O[C@H](CO)[C@@H](O)[C@H](O)[C@]2(O)NS(=O)(=O)O)[C@H](O)[C@H]1O)c1ccccc1. The van der Waals surface area contributed by atoms with E-state index in [9.17, 15) is 53.5 Å². The van der Waals surface area contributed by atoms with Crippen LogP contribution in [0.2, 0.25) is 0 Å². The summed E-state index contributed by atoms with van der Waals surface area (Å²) in [6.07, 6.45) is -13.9. The Morgan fingerprint density at radius 3 is 2.19 bits per heavy atom. The molecule has 43 heavy (non-hydrogen) atoms. The Balaban J connectivity index is 1.50. The number of ether oxygens (including phenoxy) is 4. The molecule has 0 unspecified atom stereocenters. The van der Waals surface area contributed by atoms with Gasteiger partial charge in [-0.2, -0.15) is 13.1 Å². The highest BCUT2D eigenvalue weighted by Gasteiger charge is 2.59. The van der Waals surface area contributed by atoms with E-state index in [1.165, 1.54) is 4.72 Å². The van der Waals surface area contributed by atoms with Gasteiger partial charge < -0.3 is 60.0 Å². The second-order valence-electron chi connectivity index (χ2n) is 10.2. The predicted molar refractivity (Wildman–Crippen MR) is 143 cm³/mol. The summed E-state index contributed by atoms with van der Waals surface area (Å²) in [6, 6.07) is 8.80. The molecule has 0 saturated carbocycles. The van der Waals surface area contributed by atoms with Crippen molar-refractivity contribution >= 4 is 16.2 Å². The Labute approximate surface area is 247 Å². The number of rotatable bonds is 15. The largest absolute Gasteiger partial charge is 0.394 e. The predicted octanol–water partition coefficient (Wildman–Crippen LogP) is -3.66. The van der Waals surface area contributed by atoms with Crippen LogP contribution in [0.3, 0.4) is 0 Å². The first-order valence-electron chi connectivity index (χ1n) is 13.7. The Hall–Kier alpha value is -1.88. The van der Waals surface area contributed by atoms with Crippen LogP contribution in [-0.4, -0.2) is 142 Å². The van der Waals surface area contributed by atoms with E-state index < -0.39 is 84.6 Å². The van der Waals surface area contributed by atoms with Crippen molar-refractivity contribution in [2.45, 2.75) is 86.7 Å². The molecule has 0 aliphatic carbocycles. The lowest BCUT2D eigenvalue weighted by atomic mass is 9.93. The normalized spacial score (nSPS) is 35.0. The van der Waals surface area contributed by atoms with Gasteiger partial charge >= 0.3 is 10.3 Å². The molecule has 0 spiro atoms. The highest BCUT2D eigenvalue weighted by molar-refractivity contribution is 7.83. The van der Waals surface area contributed by atoms with Crippen LogP contribution in [0.25, 0.3) is 0 Å². The topological polar surface area (TPSA) is 274 Å². The van der Waals surface area contributed by atoms with Crippen LogP contribution in [0.5, 0.6) is 0 Å². The second kappa shape index (κ2) is 15.9. The van der Waals surface area contributed by atoms with Gasteiger partial charge in [0.25, 0.3) is 5.91 Å². The van der Waals surface area contributed by atoms with E-state index >= 15 is 0 Å². The summed E-state index contributed by atoms with van der Waals surface area (Å²) in [7, 11) is -5.25. The molecule has 18 heteroatoms. The standard InChI is InChI=1S/C25H40N2O15S/c28-12-15-17(30)21(33)25(35,27-43(36,37)38)24(41-15)42-20-16(13-29)40-23(19(32)18(20)31)39-11-7-2-1-6-10-26-22(34)14-8-4-3-5-9-14/h3-5,8-9,15-21,23-24,27-33,35H,1-2,6-7,10-13H2,(H,26,34)(H,36,37,38)/t15-,16-,17-,18-,19-,20-,21+,23-,24-,25-/m1/s1. The van der Waals surface area contributed by atoms with Crippen molar-refractivity contribution in [3.05, 3.63) is 35.9 Å². The maximum atomic E-state index is 12.0. The fourth-order valence-electron chi connectivity index (χ4n) is 4.72. The van der Waals surface area contributed by atoms with Gasteiger partial charge in [0.05, 0.1) is 13.2 Å². The molecule has 1 aromatic rings. The molecule has 246 valence electrons. The molecule has 2 aliphatic heterocycles. The minimum absolute atomic E-state index is 0.0977. The van der Waals surface area contributed by atoms with Gasteiger partial charge in [0.2, 0.25) is 12.0 Å². The molecule has 10 atom stereocenters. The average molecular weight is 641 g/mol. The van der Waals surface area contributed by atoms with Gasteiger partial charge in [-0.05, 0) is 25.0 Å². The maximum absolute atomic E-state index is 12.0. The van der Waals surface area contributed by atoms with Gasteiger partial charge in [0, 0.05) is 18.7 Å². The number of carbonyl (C=O) groups excluding carboxylic acids is 1. The lowest BCUT2D eigenvalue weighted by Crippen LogP contribution is -2.75. The fraction of sp³-hybridized carbons (Fsp3) is 0.720. The number of aliphatic hydroxyl groups excluding tert-OH is 6. The highest BCUT2D eigenvalue weighted by Crippen LogP contribution is 2.33. The van der Waals surface area contributed by atoms with E-state index in [1.54, 1.807) is 24.3 Å². The smallest absolute Gasteiger partial charge is 0.335 e. The molecule has 2 heterocycles. The molecular weight excluding hydrogens is 600 g/mol. The first-order valence-corrected chi connectivity index (χ1v) is 15.1. The molecule has 0 bridgehead atoms. The quantitative estimate of drug-likeness (QED) is 0.0503. The van der Waals surface area contributed by atoms with Crippen LogP contribution in [0.4, 0.5) is 0 Å².